The van der Waals surface area contributed by atoms with Gasteiger partial charge < -0.3 is 0 Å². The van der Waals surface area contributed by atoms with Crippen molar-refractivity contribution >= 4 is 20.4 Å². The Bertz CT molecular complexity index is 99.3. The molecule has 0 aliphatic rings. The topological polar surface area (TPSA) is 0 Å². The Kier molecular flexibility index (Phi) is 9.88. The molecule has 1 heteroatoms. The minimum Gasteiger partial charge on any atom is -0.145 e. The van der Waals surface area contributed by atoms with E-state index in [4.69, 9.17) is 0 Å². The molecule has 13 heavy (non-hydrogen) atoms. The summed E-state index contributed by atoms with van der Waals surface area (Å²) in [4.78, 5) is 0. The lowest BCUT2D eigenvalue weighted by molar-refractivity contribution is 0.529. The van der Waals surface area contributed by atoms with Crippen LogP contribution in [-0.4, -0.2) is 20.4 Å². The average molecular weight is 195 g/mol. The molecule has 1 unspecified atom stereocenters. The van der Waals surface area contributed by atoms with Crippen LogP contribution in [0.1, 0.15) is 59.8 Å². The van der Waals surface area contributed by atoms with Crippen molar-refractivity contribution < 1.29 is 0 Å². The third-order valence-electron chi connectivity index (χ3n) is 2.72. The Morgan fingerprint density at radius 2 is 1.77 bits per heavy atom. The minimum atomic E-state index is 0.261. The quantitative estimate of drug-likeness (QED) is 0.393. The third kappa shape index (κ3) is 9.08. The molecule has 0 nitrogen and oxygen atoms in total. The third-order valence-corrected chi connectivity index (χ3v) is 5.18. The number of unbranched alkanes of at least 4 members (excludes halogenated alkanes) is 1. The molecule has 0 N–H and O–H groups in total. The molecular formula is C12H26Mg. The van der Waals surface area contributed by atoms with Crippen LogP contribution in [0.3, 0.4) is 0 Å². The van der Waals surface area contributed by atoms with Crippen molar-refractivity contribution in [1.29, 1.82) is 0 Å². The van der Waals surface area contributed by atoms with Gasteiger partial charge in [0.25, 0.3) is 0 Å². The highest BCUT2D eigenvalue weighted by molar-refractivity contribution is 6.37. The van der Waals surface area contributed by atoms with Gasteiger partial charge >= 0.3 is 20.4 Å². The van der Waals surface area contributed by atoms with Crippen molar-refractivity contribution in [3.05, 3.63) is 0 Å². The fourth-order valence-corrected chi connectivity index (χ4v) is 5.10. The lowest BCUT2D eigenvalue weighted by Gasteiger charge is -2.17. The molecule has 1 atom stereocenters. The van der Waals surface area contributed by atoms with Crippen molar-refractivity contribution in [1.82, 2.24) is 0 Å². The van der Waals surface area contributed by atoms with E-state index < -0.39 is 0 Å². The second-order valence-corrected chi connectivity index (χ2v) is 7.22. The zero-order chi connectivity index (χ0) is 10.1. The van der Waals surface area contributed by atoms with E-state index in [0.29, 0.717) is 0 Å². The van der Waals surface area contributed by atoms with Crippen LogP contribution >= 0.6 is 0 Å². The normalized spacial score (nSPS) is 13.0. The minimum absolute atomic E-state index is 0.261. The van der Waals surface area contributed by atoms with Crippen molar-refractivity contribution in [3.63, 3.8) is 0 Å². The summed E-state index contributed by atoms with van der Waals surface area (Å²) in [7, 11) is 0. The van der Waals surface area contributed by atoms with Crippen LogP contribution in [0, 0.1) is 5.92 Å². The summed E-state index contributed by atoms with van der Waals surface area (Å²) in [6, 6.07) is 0. The molecule has 76 valence electrons. The van der Waals surface area contributed by atoms with Crippen LogP contribution in [0.2, 0.25) is 8.60 Å². The van der Waals surface area contributed by atoms with Crippen molar-refractivity contribution in [2.75, 3.05) is 0 Å². The maximum Gasteiger partial charge on any atom is 0.368 e. The fourth-order valence-electron chi connectivity index (χ4n) is 2.14. The Labute approximate surface area is 94.6 Å². The van der Waals surface area contributed by atoms with Gasteiger partial charge in [0.05, 0.1) is 0 Å². The molecule has 0 saturated heterocycles. The van der Waals surface area contributed by atoms with E-state index >= 15 is 0 Å². The van der Waals surface area contributed by atoms with Gasteiger partial charge in [-0.2, -0.15) is 0 Å². The Morgan fingerprint density at radius 1 is 1.08 bits per heavy atom. The van der Waals surface area contributed by atoms with Gasteiger partial charge in [0.15, 0.2) is 0 Å². The molecule has 0 radical (unpaired) electrons. The van der Waals surface area contributed by atoms with Crippen LogP contribution in [0.25, 0.3) is 0 Å². The Balaban J connectivity index is 3.53. The van der Waals surface area contributed by atoms with E-state index in [9.17, 15) is 0 Å². The standard InChI is InChI=1S/C8H17.C4H9.Mg/c1-4-5-6-7-8(2)3;1-3-4-2;/h6,8H,4-5,7H2,1-3H3;1,3-4H2,2H3;. The van der Waals surface area contributed by atoms with E-state index in [1.165, 1.54) is 32.1 Å². The predicted octanol–water partition coefficient (Wildman–Crippen LogP) is 4.54. The van der Waals surface area contributed by atoms with Crippen molar-refractivity contribution in [2.24, 2.45) is 5.92 Å². The summed E-state index contributed by atoms with van der Waals surface area (Å²) in [6.07, 6.45) is 7.30. The van der Waals surface area contributed by atoms with Gasteiger partial charge in [0.1, 0.15) is 0 Å². The van der Waals surface area contributed by atoms with Gasteiger partial charge in [-0.25, -0.2) is 0 Å². The number of hydrogen-bond acceptors (Lipinski definition) is 0. The van der Waals surface area contributed by atoms with Gasteiger partial charge in [-0.15, -0.1) is 8.60 Å². The van der Waals surface area contributed by atoms with Gasteiger partial charge in [-0.1, -0.05) is 59.8 Å². The van der Waals surface area contributed by atoms with Crippen LogP contribution in [-0.2, 0) is 0 Å². The molecule has 0 fully saturated rings. The summed E-state index contributed by atoms with van der Waals surface area (Å²) in [6.45, 7) is 9.39. The molecule has 0 aromatic carbocycles. The zero-order valence-corrected chi connectivity index (χ0v) is 11.5. The largest absolute Gasteiger partial charge is 0.368 e. The Morgan fingerprint density at radius 3 is 2.23 bits per heavy atom. The van der Waals surface area contributed by atoms with E-state index in [-0.39, 0.29) is 20.4 Å². The molecule has 0 aliphatic carbocycles. The molecule has 0 aliphatic heterocycles. The van der Waals surface area contributed by atoms with Gasteiger partial charge in [-0.05, 0) is 5.92 Å². The maximum atomic E-state index is 2.37. The second-order valence-electron chi connectivity index (χ2n) is 4.78. The summed E-state index contributed by atoms with van der Waals surface area (Å²) in [5, 5.41) is 0. The SMILES string of the molecule is CCC[CH2][Mg][CH](CCC)CC(C)C. The van der Waals surface area contributed by atoms with E-state index in [0.717, 1.165) is 9.97 Å². The molecule has 0 aromatic heterocycles. The van der Waals surface area contributed by atoms with E-state index in [2.05, 4.69) is 27.7 Å². The summed E-state index contributed by atoms with van der Waals surface area (Å²) >= 11 is 0.261. The smallest absolute Gasteiger partial charge is 0.145 e. The first-order valence-electron chi connectivity index (χ1n) is 6.20. The molecule has 0 rings (SSSR count). The van der Waals surface area contributed by atoms with Crippen molar-refractivity contribution in [3.8, 4) is 0 Å². The second kappa shape index (κ2) is 9.33. The highest BCUT2D eigenvalue weighted by Crippen LogP contribution is 2.23. The van der Waals surface area contributed by atoms with Crippen LogP contribution in [0.5, 0.6) is 0 Å². The van der Waals surface area contributed by atoms with Crippen molar-refractivity contribution in [2.45, 2.75) is 68.4 Å². The maximum absolute atomic E-state index is 2.37. The summed E-state index contributed by atoms with van der Waals surface area (Å²) in [5.41, 5.74) is 0. The lowest BCUT2D eigenvalue weighted by atomic mass is 10.0. The zero-order valence-electron chi connectivity index (χ0n) is 10.1. The Hall–Kier alpha value is 0.766. The van der Waals surface area contributed by atoms with E-state index in [1.54, 1.807) is 4.55 Å². The molecule has 0 bridgehead atoms. The molecule has 0 amide bonds. The van der Waals surface area contributed by atoms with Crippen LogP contribution in [0.4, 0.5) is 0 Å². The first kappa shape index (κ1) is 13.8. The molecule has 0 saturated carbocycles. The first-order valence-corrected chi connectivity index (χ1v) is 8.02. The van der Waals surface area contributed by atoms with Gasteiger partial charge in [0.2, 0.25) is 0 Å². The fraction of sp³-hybridized carbons (Fsp3) is 1.00. The van der Waals surface area contributed by atoms with E-state index in [1.807, 2.05) is 0 Å². The summed E-state index contributed by atoms with van der Waals surface area (Å²) < 4.78 is 2.74. The van der Waals surface area contributed by atoms with Gasteiger partial charge in [-0.3, -0.25) is 0 Å². The molecular weight excluding hydrogens is 168 g/mol. The lowest BCUT2D eigenvalue weighted by Crippen LogP contribution is -2.06. The van der Waals surface area contributed by atoms with Crippen LogP contribution < -0.4 is 0 Å². The summed E-state index contributed by atoms with van der Waals surface area (Å²) in [5.74, 6) is 0.922. The number of rotatable bonds is 8. The molecule has 0 spiro atoms. The van der Waals surface area contributed by atoms with Gasteiger partial charge in [0, 0.05) is 0 Å². The monoisotopic (exact) mass is 194 g/mol. The molecule has 0 aromatic rings. The van der Waals surface area contributed by atoms with Crippen LogP contribution in [0.15, 0.2) is 0 Å². The highest BCUT2D eigenvalue weighted by atomic mass is 24.5. The number of hydrogen-bond donors (Lipinski definition) is 0. The predicted molar refractivity (Wildman–Crippen MR) is 63.6 cm³/mol. The molecule has 0 heterocycles. The average Bonchev–Trinajstić information content (AvgIpc) is 2.04. The highest BCUT2D eigenvalue weighted by Gasteiger charge is 2.12. The first-order chi connectivity index (χ1) is 6.20.